The van der Waals surface area contributed by atoms with Crippen molar-refractivity contribution in [3.63, 3.8) is 0 Å². The van der Waals surface area contributed by atoms with Crippen LogP contribution in [0.3, 0.4) is 0 Å². The zero-order valence-corrected chi connectivity index (χ0v) is 10.2. The van der Waals surface area contributed by atoms with Gasteiger partial charge in [0.1, 0.15) is 6.16 Å². The first-order chi connectivity index (χ1) is 6.58. The Kier molecular flexibility index (Phi) is 7.69. The Bertz CT molecular complexity index is 135. The number of hydrogen-bond acceptors (Lipinski definition) is 4. The van der Waals surface area contributed by atoms with Crippen molar-refractivity contribution in [2.45, 2.75) is 39.6 Å². The fourth-order valence-corrected chi connectivity index (χ4v) is 2.84. The highest BCUT2D eigenvalue weighted by Crippen LogP contribution is 2.56. The van der Waals surface area contributed by atoms with E-state index in [0.717, 1.165) is 12.8 Å². The summed E-state index contributed by atoms with van der Waals surface area (Å²) in [5.74, 6) is 0. The maximum atomic E-state index is 9.78. The Morgan fingerprint density at radius 2 is 1.57 bits per heavy atom. The van der Waals surface area contributed by atoms with Crippen LogP contribution < -0.4 is 0 Å². The summed E-state index contributed by atoms with van der Waals surface area (Å²) in [6.07, 6.45) is 2.11. The minimum atomic E-state index is -3.05. The fraction of sp³-hybridized carbons (Fsp3) is 1.00. The topological polar surface area (TPSA) is 58.9 Å². The molecule has 0 aliphatic rings. The predicted molar refractivity (Wildman–Crippen MR) is 58.2 cm³/mol. The van der Waals surface area contributed by atoms with Gasteiger partial charge in [-0.15, -0.1) is 0 Å². The van der Waals surface area contributed by atoms with E-state index >= 15 is 0 Å². The molecule has 14 heavy (non-hydrogen) atoms. The van der Waals surface area contributed by atoms with E-state index in [2.05, 4.69) is 0 Å². The van der Waals surface area contributed by atoms with E-state index in [-0.39, 0.29) is 0 Å². The van der Waals surface area contributed by atoms with Crippen molar-refractivity contribution in [2.24, 2.45) is 0 Å². The van der Waals surface area contributed by atoms with Crippen LogP contribution in [-0.2, 0) is 9.47 Å². The Balaban J connectivity index is 4.13. The molecule has 0 saturated carbocycles. The lowest BCUT2D eigenvalue weighted by Crippen LogP contribution is -2.23. The summed E-state index contributed by atoms with van der Waals surface area (Å²) in [6, 6.07) is -0.830. The molecule has 0 bridgehead atoms. The van der Waals surface area contributed by atoms with Gasteiger partial charge in [-0.1, -0.05) is 13.3 Å². The minimum absolute atomic E-state index is 0.383. The Morgan fingerprint density at radius 1 is 1.07 bits per heavy atom. The van der Waals surface area contributed by atoms with Gasteiger partial charge in [0.15, 0.2) is 0 Å². The molecule has 0 unspecified atom stereocenters. The van der Waals surface area contributed by atoms with Crippen molar-refractivity contribution < 1.29 is 19.3 Å². The minimum Gasteiger partial charge on any atom is -0.317 e. The van der Waals surface area contributed by atoms with Gasteiger partial charge in [0, 0.05) is 0 Å². The second-order valence-corrected chi connectivity index (χ2v) is 5.52. The highest BCUT2D eigenvalue weighted by Gasteiger charge is 2.45. The summed E-state index contributed by atoms with van der Waals surface area (Å²) in [4.78, 5) is 19.6. The third-order valence-electron chi connectivity index (χ3n) is 1.80. The number of hydrogen-bond donors (Lipinski definition) is 2. The van der Waals surface area contributed by atoms with E-state index in [1.165, 1.54) is 0 Å². The summed E-state index contributed by atoms with van der Waals surface area (Å²) in [6.45, 7) is 6.49. The van der Waals surface area contributed by atoms with E-state index in [1.807, 2.05) is 20.8 Å². The molecule has 0 aromatic carbocycles. The lowest BCUT2D eigenvalue weighted by Gasteiger charge is -2.21. The van der Waals surface area contributed by atoms with Gasteiger partial charge in [-0.05, 0) is 20.3 Å². The molecule has 0 heterocycles. The molecule has 0 aromatic heterocycles. The Morgan fingerprint density at radius 3 is 1.93 bits per heavy atom. The third-order valence-corrected chi connectivity index (χ3v) is 3.74. The van der Waals surface area contributed by atoms with Crippen LogP contribution in [0.5, 0.6) is 0 Å². The molecule has 0 atom stereocenters. The fourth-order valence-electron chi connectivity index (χ4n) is 1.07. The van der Waals surface area contributed by atoms with Gasteiger partial charge < -0.3 is 9.47 Å². The number of ether oxygens (including phenoxy) is 2. The van der Waals surface area contributed by atoms with Gasteiger partial charge in [-0.25, -0.2) is 9.79 Å². The van der Waals surface area contributed by atoms with Crippen molar-refractivity contribution in [1.29, 1.82) is 0 Å². The molecule has 0 saturated heterocycles. The van der Waals surface area contributed by atoms with Crippen LogP contribution in [0.4, 0.5) is 0 Å². The molecular formula is C9H22O4P+. The maximum Gasteiger partial charge on any atom is 0.329 e. The summed E-state index contributed by atoms with van der Waals surface area (Å²) in [5.41, 5.74) is 0. The molecule has 2 N–H and O–H groups in total. The van der Waals surface area contributed by atoms with Crippen LogP contribution >= 0.6 is 7.72 Å². The van der Waals surface area contributed by atoms with Gasteiger partial charge in [0.25, 0.3) is 0 Å². The molecule has 0 radical (unpaired) electrons. The summed E-state index contributed by atoms with van der Waals surface area (Å²) < 4.78 is 10.3. The second-order valence-electron chi connectivity index (χ2n) is 3.08. The zero-order chi connectivity index (χ0) is 11.0. The van der Waals surface area contributed by atoms with E-state index < -0.39 is 13.7 Å². The van der Waals surface area contributed by atoms with Crippen molar-refractivity contribution in [2.75, 3.05) is 19.4 Å². The largest absolute Gasteiger partial charge is 0.329 e. The number of rotatable bonds is 8. The van der Waals surface area contributed by atoms with Crippen LogP contribution in [0.25, 0.3) is 0 Å². The SMILES string of the molecule is CCCC[P+](O)(O)C(OCC)OCC. The van der Waals surface area contributed by atoms with Gasteiger partial charge in [0.05, 0.1) is 13.2 Å². The van der Waals surface area contributed by atoms with Crippen LogP contribution in [-0.4, -0.2) is 35.2 Å². The molecule has 0 fully saturated rings. The molecule has 5 heteroatoms. The molecule has 0 spiro atoms. The second kappa shape index (κ2) is 7.55. The normalized spacial score (nSPS) is 12.4. The monoisotopic (exact) mass is 225 g/mol. The van der Waals surface area contributed by atoms with Gasteiger partial charge >= 0.3 is 13.7 Å². The van der Waals surface area contributed by atoms with Crippen LogP contribution in [0.15, 0.2) is 0 Å². The predicted octanol–water partition coefficient (Wildman–Crippen LogP) is 1.98. The molecule has 0 aliphatic carbocycles. The van der Waals surface area contributed by atoms with E-state index in [4.69, 9.17) is 9.47 Å². The van der Waals surface area contributed by atoms with Crippen molar-refractivity contribution in [3.8, 4) is 0 Å². The lowest BCUT2D eigenvalue weighted by molar-refractivity contribution is -0.0911. The van der Waals surface area contributed by atoms with E-state index in [9.17, 15) is 9.79 Å². The first-order valence-corrected chi connectivity index (χ1v) is 7.09. The van der Waals surface area contributed by atoms with E-state index in [0.29, 0.717) is 19.4 Å². The van der Waals surface area contributed by atoms with Gasteiger partial charge in [-0.2, -0.15) is 0 Å². The lowest BCUT2D eigenvalue weighted by atomic mass is 10.4. The third kappa shape index (κ3) is 5.23. The average molecular weight is 225 g/mol. The molecular weight excluding hydrogens is 203 g/mol. The van der Waals surface area contributed by atoms with Crippen LogP contribution in [0.2, 0.25) is 0 Å². The first-order valence-electron chi connectivity index (χ1n) is 5.14. The zero-order valence-electron chi connectivity index (χ0n) is 9.27. The molecule has 0 aliphatic heterocycles. The smallest absolute Gasteiger partial charge is 0.317 e. The highest BCUT2D eigenvalue weighted by molar-refractivity contribution is 7.64. The first kappa shape index (κ1) is 14.3. The average Bonchev–Trinajstić information content (AvgIpc) is 2.14. The molecule has 0 amide bonds. The number of unbranched alkanes of at least 4 members (excludes halogenated alkanes) is 1. The standard InChI is InChI=1S/C9H22O4P/c1-4-7-8-14(10,11)9(12-5-2)13-6-3/h9-11H,4-8H2,1-3H3/q+1. The molecule has 86 valence electrons. The Labute approximate surface area is 86.7 Å². The van der Waals surface area contributed by atoms with Gasteiger partial charge in [-0.3, -0.25) is 0 Å². The van der Waals surface area contributed by atoms with Gasteiger partial charge in [0.2, 0.25) is 0 Å². The quantitative estimate of drug-likeness (QED) is 0.490. The molecule has 4 nitrogen and oxygen atoms in total. The van der Waals surface area contributed by atoms with E-state index in [1.54, 1.807) is 0 Å². The molecule has 0 rings (SSSR count). The van der Waals surface area contributed by atoms with Crippen molar-refractivity contribution in [3.05, 3.63) is 0 Å². The molecule has 0 aromatic rings. The highest BCUT2D eigenvalue weighted by atomic mass is 31.2. The van der Waals surface area contributed by atoms with Crippen molar-refractivity contribution in [1.82, 2.24) is 0 Å². The summed E-state index contributed by atoms with van der Waals surface area (Å²) in [5, 5.41) is 0. The summed E-state index contributed by atoms with van der Waals surface area (Å²) >= 11 is 0. The van der Waals surface area contributed by atoms with Crippen LogP contribution in [0, 0.1) is 0 Å². The Hall–Kier alpha value is 0.270. The summed E-state index contributed by atoms with van der Waals surface area (Å²) in [7, 11) is -3.05. The van der Waals surface area contributed by atoms with Crippen molar-refractivity contribution >= 4 is 7.72 Å². The van der Waals surface area contributed by atoms with Crippen LogP contribution in [0.1, 0.15) is 33.6 Å². The maximum absolute atomic E-state index is 9.78.